The minimum absolute atomic E-state index is 0.234. The number of aromatic nitrogens is 1. The fraction of sp³-hybridized carbons (Fsp3) is 0.240. The summed E-state index contributed by atoms with van der Waals surface area (Å²) in [7, 11) is 1.59. The smallest absolute Gasteiger partial charge is 0.338 e. The van der Waals surface area contributed by atoms with Crippen LogP contribution < -0.4 is 19.6 Å². The average Bonchev–Trinajstić information content (AvgIpc) is 3.07. The number of ether oxygens (including phenoxy) is 2. The SMILES string of the molecule is COc1ccc(C2C(C(=O)OC(C)C)=C(C)N=c3sc(=Cc4cccc(Cl)c4)c(=O)n32)cc1. The van der Waals surface area contributed by atoms with E-state index in [2.05, 4.69) is 4.99 Å². The second kappa shape index (κ2) is 9.37. The van der Waals surface area contributed by atoms with Gasteiger partial charge in [-0.1, -0.05) is 47.2 Å². The highest BCUT2D eigenvalue weighted by atomic mass is 35.5. The molecule has 0 N–H and O–H groups in total. The molecule has 8 heteroatoms. The van der Waals surface area contributed by atoms with Crippen molar-refractivity contribution in [2.45, 2.75) is 32.9 Å². The van der Waals surface area contributed by atoms with E-state index < -0.39 is 12.0 Å². The van der Waals surface area contributed by atoms with E-state index in [0.717, 1.165) is 11.1 Å². The highest BCUT2D eigenvalue weighted by Gasteiger charge is 2.33. The lowest BCUT2D eigenvalue weighted by Gasteiger charge is -2.25. The second-order valence-electron chi connectivity index (χ2n) is 7.86. The lowest BCUT2D eigenvalue weighted by Crippen LogP contribution is -2.40. The van der Waals surface area contributed by atoms with Crippen LogP contribution in [0.4, 0.5) is 0 Å². The van der Waals surface area contributed by atoms with Crippen molar-refractivity contribution in [1.29, 1.82) is 0 Å². The minimum atomic E-state index is -0.667. The normalized spacial score (nSPS) is 15.9. The van der Waals surface area contributed by atoms with E-state index in [-0.39, 0.29) is 11.7 Å². The minimum Gasteiger partial charge on any atom is -0.497 e. The third-order valence-corrected chi connectivity index (χ3v) is 6.38. The molecule has 0 saturated carbocycles. The Bertz CT molecular complexity index is 1420. The van der Waals surface area contributed by atoms with E-state index in [1.807, 2.05) is 24.3 Å². The highest BCUT2D eigenvalue weighted by Crippen LogP contribution is 2.31. The maximum atomic E-state index is 13.6. The van der Waals surface area contributed by atoms with Gasteiger partial charge in [0.05, 0.1) is 35.1 Å². The predicted octanol–water partition coefficient (Wildman–Crippen LogP) is 3.85. The maximum Gasteiger partial charge on any atom is 0.338 e. The number of allylic oxidation sites excluding steroid dienone is 1. The first kappa shape index (κ1) is 23.0. The molecular formula is C25H23ClN2O4S. The zero-order valence-corrected chi connectivity index (χ0v) is 20.2. The molecule has 0 radical (unpaired) electrons. The number of halogens is 1. The fourth-order valence-corrected chi connectivity index (χ4v) is 4.95. The number of fused-ring (bicyclic) bond motifs is 1. The second-order valence-corrected chi connectivity index (χ2v) is 9.31. The summed E-state index contributed by atoms with van der Waals surface area (Å²) >= 11 is 7.38. The van der Waals surface area contributed by atoms with E-state index in [0.29, 0.717) is 31.4 Å². The molecule has 1 aliphatic rings. The summed E-state index contributed by atoms with van der Waals surface area (Å²) in [6, 6.07) is 13.9. The van der Waals surface area contributed by atoms with Crippen LogP contribution in [-0.2, 0) is 9.53 Å². The van der Waals surface area contributed by atoms with Gasteiger partial charge in [-0.05, 0) is 62.2 Å². The molecule has 0 spiro atoms. The number of hydrogen-bond acceptors (Lipinski definition) is 6. The summed E-state index contributed by atoms with van der Waals surface area (Å²) in [5, 5.41) is 0.585. The van der Waals surface area contributed by atoms with Crippen LogP contribution in [0.3, 0.4) is 0 Å². The zero-order chi connectivity index (χ0) is 23.7. The van der Waals surface area contributed by atoms with Crippen LogP contribution >= 0.6 is 22.9 Å². The predicted molar refractivity (Wildman–Crippen MR) is 129 cm³/mol. The lowest BCUT2D eigenvalue weighted by molar-refractivity contribution is -0.143. The van der Waals surface area contributed by atoms with E-state index in [1.165, 1.54) is 11.3 Å². The van der Waals surface area contributed by atoms with E-state index >= 15 is 0 Å². The van der Waals surface area contributed by atoms with Crippen molar-refractivity contribution in [3.8, 4) is 5.75 Å². The van der Waals surface area contributed by atoms with Gasteiger partial charge in [-0.2, -0.15) is 0 Å². The summed E-state index contributed by atoms with van der Waals surface area (Å²) in [5.74, 6) is 0.190. The molecule has 33 heavy (non-hydrogen) atoms. The van der Waals surface area contributed by atoms with E-state index in [1.54, 1.807) is 62.8 Å². The first-order valence-corrected chi connectivity index (χ1v) is 11.6. The Balaban J connectivity index is 1.94. The van der Waals surface area contributed by atoms with Crippen molar-refractivity contribution in [3.63, 3.8) is 0 Å². The first-order valence-electron chi connectivity index (χ1n) is 10.4. The van der Waals surface area contributed by atoms with Crippen LogP contribution in [-0.4, -0.2) is 23.8 Å². The van der Waals surface area contributed by atoms with Gasteiger partial charge in [0, 0.05) is 5.02 Å². The van der Waals surface area contributed by atoms with Gasteiger partial charge < -0.3 is 9.47 Å². The quantitative estimate of drug-likeness (QED) is 0.518. The Morgan fingerprint density at radius 1 is 1.21 bits per heavy atom. The van der Waals surface area contributed by atoms with Crippen molar-refractivity contribution in [2.75, 3.05) is 7.11 Å². The maximum absolute atomic E-state index is 13.6. The molecule has 1 aliphatic heterocycles. The molecule has 0 fully saturated rings. The number of hydrogen-bond donors (Lipinski definition) is 0. The number of esters is 1. The van der Waals surface area contributed by atoms with Gasteiger partial charge in [-0.25, -0.2) is 9.79 Å². The Morgan fingerprint density at radius 2 is 1.94 bits per heavy atom. The standard InChI is InChI=1S/C25H23ClN2O4S/c1-14(2)32-24(30)21-15(3)27-25-28(22(21)17-8-10-19(31-4)11-9-17)23(29)20(33-25)13-16-6-5-7-18(26)12-16/h5-14,22H,1-4H3. The largest absolute Gasteiger partial charge is 0.497 e. The number of benzene rings is 2. The molecule has 1 unspecified atom stereocenters. The molecule has 2 heterocycles. The van der Waals surface area contributed by atoms with Crippen LogP contribution in [0.1, 0.15) is 37.9 Å². The Kier molecular flexibility index (Phi) is 6.54. The van der Waals surface area contributed by atoms with Crippen LogP contribution in [0.5, 0.6) is 5.75 Å². The molecule has 4 rings (SSSR count). The Hall–Kier alpha value is -3.16. The number of thiazole rings is 1. The number of carbonyl (C=O) groups is 1. The van der Waals surface area contributed by atoms with Gasteiger partial charge in [0.25, 0.3) is 5.56 Å². The third kappa shape index (κ3) is 4.65. The van der Waals surface area contributed by atoms with Gasteiger partial charge in [0.1, 0.15) is 5.75 Å². The van der Waals surface area contributed by atoms with Crippen molar-refractivity contribution in [2.24, 2.45) is 4.99 Å². The average molecular weight is 483 g/mol. The highest BCUT2D eigenvalue weighted by molar-refractivity contribution is 7.07. The Labute approximate surface area is 200 Å². The summed E-state index contributed by atoms with van der Waals surface area (Å²) in [4.78, 5) is 31.8. The first-order chi connectivity index (χ1) is 15.8. The molecule has 1 aromatic heterocycles. The molecule has 0 bridgehead atoms. The topological polar surface area (TPSA) is 69.9 Å². The monoisotopic (exact) mass is 482 g/mol. The summed E-state index contributed by atoms with van der Waals surface area (Å²) in [6.45, 7) is 5.34. The molecule has 3 aromatic rings. The molecule has 2 aromatic carbocycles. The van der Waals surface area contributed by atoms with Crippen LogP contribution in [0.25, 0.3) is 6.08 Å². The molecule has 170 valence electrons. The summed E-state index contributed by atoms with van der Waals surface area (Å²) in [5.41, 5.74) is 2.20. The number of carbonyl (C=O) groups excluding carboxylic acids is 1. The lowest BCUT2D eigenvalue weighted by atomic mass is 9.96. The van der Waals surface area contributed by atoms with Gasteiger partial charge in [0.15, 0.2) is 4.80 Å². The summed E-state index contributed by atoms with van der Waals surface area (Å²) < 4.78 is 12.8. The van der Waals surface area contributed by atoms with E-state index in [4.69, 9.17) is 21.1 Å². The zero-order valence-electron chi connectivity index (χ0n) is 18.7. The van der Waals surface area contributed by atoms with E-state index in [9.17, 15) is 9.59 Å². The van der Waals surface area contributed by atoms with Gasteiger partial charge >= 0.3 is 5.97 Å². The van der Waals surface area contributed by atoms with Crippen LogP contribution in [0, 0.1) is 0 Å². The van der Waals surface area contributed by atoms with Crippen molar-refractivity contribution in [1.82, 2.24) is 4.57 Å². The molecule has 6 nitrogen and oxygen atoms in total. The Morgan fingerprint density at radius 3 is 2.58 bits per heavy atom. The molecular weight excluding hydrogens is 460 g/mol. The van der Waals surface area contributed by atoms with Crippen molar-refractivity contribution < 1.29 is 14.3 Å². The molecule has 1 atom stereocenters. The van der Waals surface area contributed by atoms with Gasteiger partial charge in [0.2, 0.25) is 0 Å². The number of methoxy groups -OCH3 is 1. The number of rotatable bonds is 5. The van der Waals surface area contributed by atoms with Gasteiger partial charge in [-0.3, -0.25) is 9.36 Å². The van der Waals surface area contributed by atoms with Gasteiger partial charge in [-0.15, -0.1) is 0 Å². The fourth-order valence-electron chi connectivity index (χ4n) is 3.71. The number of nitrogens with zero attached hydrogens (tertiary/aromatic N) is 2. The van der Waals surface area contributed by atoms with Crippen LogP contribution in [0.2, 0.25) is 5.02 Å². The van der Waals surface area contributed by atoms with Crippen molar-refractivity contribution in [3.05, 3.63) is 95.6 Å². The molecule has 0 saturated heterocycles. The molecule has 0 amide bonds. The third-order valence-electron chi connectivity index (χ3n) is 5.16. The molecule has 0 aliphatic carbocycles. The van der Waals surface area contributed by atoms with Crippen LogP contribution in [0.15, 0.2) is 69.6 Å². The summed E-state index contributed by atoms with van der Waals surface area (Å²) in [6.07, 6.45) is 1.48. The van der Waals surface area contributed by atoms with Crippen molar-refractivity contribution >= 4 is 35.0 Å².